The van der Waals surface area contributed by atoms with Crippen LogP contribution in [0.2, 0.25) is 0 Å². The lowest BCUT2D eigenvalue weighted by molar-refractivity contribution is 0.198. The molecule has 94 valence electrons. The lowest BCUT2D eigenvalue weighted by Crippen LogP contribution is -2.32. The molecule has 1 aromatic heterocycles. The first kappa shape index (κ1) is 12.3. The van der Waals surface area contributed by atoms with E-state index in [2.05, 4.69) is 22.2 Å². The van der Waals surface area contributed by atoms with Gasteiger partial charge in [-0.3, -0.25) is 15.7 Å². The number of anilines is 1. The van der Waals surface area contributed by atoms with Crippen LogP contribution in [0.1, 0.15) is 38.3 Å². The van der Waals surface area contributed by atoms with Gasteiger partial charge in [-0.25, -0.2) is 0 Å². The molecule has 0 radical (unpaired) electrons. The van der Waals surface area contributed by atoms with E-state index in [1.165, 1.54) is 25.7 Å². The fourth-order valence-electron chi connectivity index (χ4n) is 2.63. The van der Waals surface area contributed by atoms with Gasteiger partial charge >= 0.3 is 0 Å². The SMILES string of the molecule is CCN(Cc1cc(NN)ccn1)C1CCCC1. The van der Waals surface area contributed by atoms with Gasteiger partial charge in [0.25, 0.3) is 0 Å². The zero-order valence-electron chi connectivity index (χ0n) is 10.5. The topological polar surface area (TPSA) is 54.2 Å². The summed E-state index contributed by atoms with van der Waals surface area (Å²) >= 11 is 0. The summed E-state index contributed by atoms with van der Waals surface area (Å²) in [6.07, 6.45) is 7.23. The standard InChI is InChI=1S/C13H22N4/c1-2-17(13-5-3-4-6-13)10-12-9-11(16-14)7-8-15-12/h7-9,13H,2-6,10,14H2,1H3,(H,15,16). The second-order valence-corrected chi connectivity index (χ2v) is 4.68. The van der Waals surface area contributed by atoms with Crippen LogP contribution in [0.15, 0.2) is 18.3 Å². The van der Waals surface area contributed by atoms with Crippen molar-refractivity contribution in [2.45, 2.75) is 45.2 Å². The Morgan fingerprint density at radius 1 is 1.47 bits per heavy atom. The predicted molar refractivity (Wildman–Crippen MR) is 70.4 cm³/mol. The Bertz CT molecular complexity index is 347. The molecule has 0 amide bonds. The molecule has 4 nitrogen and oxygen atoms in total. The first-order valence-corrected chi connectivity index (χ1v) is 6.49. The highest BCUT2D eigenvalue weighted by Gasteiger charge is 2.21. The average molecular weight is 234 g/mol. The Kier molecular flexibility index (Phi) is 4.34. The maximum absolute atomic E-state index is 5.41. The van der Waals surface area contributed by atoms with Crippen molar-refractivity contribution in [1.29, 1.82) is 0 Å². The van der Waals surface area contributed by atoms with Crippen molar-refractivity contribution in [3.8, 4) is 0 Å². The molecule has 1 heterocycles. The minimum Gasteiger partial charge on any atom is -0.324 e. The predicted octanol–water partition coefficient (Wildman–Crippen LogP) is 2.13. The van der Waals surface area contributed by atoms with Crippen LogP contribution in [-0.4, -0.2) is 22.5 Å². The Hall–Kier alpha value is -1.13. The van der Waals surface area contributed by atoms with Gasteiger partial charge in [0.05, 0.1) is 11.4 Å². The number of nitrogens with zero attached hydrogens (tertiary/aromatic N) is 2. The summed E-state index contributed by atoms with van der Waals surface area (Å²) in [4.78, 5) is 6.93. The number of hydrazine groups is 1. The van der Waals surface area contributed by atoms with Crippen LogP contribution < -0.4 is 11.3 Å². The van der Waals surface area contributed by atoms with Crippen molar-refractivity contribution in [3.63, 3.8) is 0 Å². The van der Waals surface area contributed by atoms with Crippen LogP contribution in [0.4, 0.5) is 5.69 Å². The third-order valence-corrected chi connectivity index (χ3v) is 3.60. The number of hydrogen-bond donors (Lipinski definition) is 2. The number of rotatable bonds is 5. The summed E-state index contributed by atoms with van der Waals surface area (Å²) in [5.41, 5.74) is 4.69. The van der Waals surface area contributed by atoms with E-state index in [4.69, 9.17) is 5.84 Å². The van der Waals surface area contributed by atoms with Crippen LogP contribution in [-0.2, 0) is 6.54 Å². The zero-order chi connectivity index (χ0) is 12.1. The Morgan fingerprint density at radius 2 is 2.24 bits per heavy atom. The molecule has 0 atom stereocenters. The normalized spacial score (nSPS) is 16.6. The Morgan fingerprint density at radius 3 is 2.88 bits per heavy atom. The summed E-state index contributed by atoms with van der Waals surface area (Å²) in [5, 5.41) is 0. The van der Waals surface area contributed by atoms with E-state index in [0.29, 0.717) is 0 Å². The molecule has 2 rings (SSSR count). The van der Waals surface area contributed by atoms with Crippen LogP contribution in [0.3, 0.4) is 0 Å². The minimum absolute atomic E-state index is 0.747. The van der Waals surface area contributed by atoms with Crippen LogP contribution in [0.25, 0.3) is 0 Å². The van der Waals surface area contributed by atoms with Gasteiger partial charge < -0.3 is 5.43 Å². The highest BCUT2D eigenvalue weighted by atomic mass is 15.2. The molecule has 0 aromatic carbocycles. The van der Waals surface area contributed by atoms with E-state index >= 15 is 0 Å². The summed E-state index contributed by atoms with van der Waals surface area (Å²) < 4.78 is 0. The molecule has 3 N–H and O–H groups in total. The Balaban J connectivity index is 2.01. The van der Waals surface area contributed by atoms with E-state index < -0.39 is 0 Å². The van der Waals surface area contributed by atoms with Gasteiger partial charge in [0, 0.05) is 18.8 Å². The number of nitrogens with two attached hydrogens (primary N) is 1. The number of aromatic nitrogens is 1. The molecule has 17 heavy (non-hydrogen) atoms. The third-order valence-electron chi connectivity index (χ3n) is 3.60. The fourth-order valence-corrected chi connectivity index (χ4v) is 2.63. The monoisotopic (exact) mass is 234 g/mol. The summed E-state index contributed by atoms with van der Waals surface area (Å²) in [6, 6.07) is 4.66. The molecule has 1 aromatic rings. The molecule has 1 fully saturated rings. The van der Waals surface area contributed by atoms with Crippen molar-refractivity contribution < 1.29 is 0 Å². The highest BCUT2D eigenvalue weighted by Crippen LogP contribution is 2.24. The third kappa shape index (κ3) is 3.17. The number of hydrogen-bond acceptors (Lipinski definition) is 4. The van der Waals surface area contributed by atoms with E-state index in [-0.39, 0.29) is 0 Å². The molecule has 4 heteroatoms. The van der Waals surface area contributed by atoms with Crippen LogP contribution in [0, 0.1) is 0 Å². The van der Waals surface area contributed by atoms with Gasteiger partial charge in [0.15, 0.2) is 0 Å². The lowest BCUT2D eigenvalue weighted by atomic mass is 10.2. The summed E-state index contributed by atoms with van der Waals surface area (Å²) in [6.45, 7) is 4.24. The van der Waals surface area contributed by atoms with Crippen LogP contribution in [0.5, 0.6) is 0 Å². The number of nitrogens with one attached hydrogen (secondary N) is 1. The molecule has 0 spiro atoms. The molecular formula is C13H22N4. The van der Waals surface area contributed by atoms with Gasteiger partial charge in [0.1, 0.15) is 0 Å². The average Bonchev–Trinajstić information content (AvgIpc) is 2.90. The number of pyridine rings is 1. The quantitative estimate of drug-likeness (QED) is 0.605. The summed E-state index contributed by atoms with van der Waals surface area (Å²) in [7, 11) is 0. The van der Waals surface area contributed by atoms with Gasteiger partial charge in [-0.15, -0.1) is 0 Å². The van der Waals surface area contributed by atoms with E-state index in [9.17, 15) is 0 Å². The highest BCUT2D eigenvalue weighted by molar-refractivity contribution is 5.41. The van der Waals surface area contributed by atoms with Crippen LogP contribution >= 0.6 is 0 Å². The van der Waals surface area contributed by atoms with E-state index in [1.807, 2.05) is 18.3 Å². The van der Waals surface area contributed by atoms with Crippen molar-refractivity contribution in [1.82, 2.24) is 9.88 Å². The van der Waals surface area contributed by atoms with E-state index in [1.54, 1.807) is 0 Å². The molecule has 0 saturated heterocycles. The number of nitrogen functional groups attached to an aromatic ring is 1. The van der Waals surface area contributed by atoms with E-state index in [0.717, 1.165) is 30.5 Å². The molecule has 1 aliphatic rings. The molecule has 0 unspecified atom stereocenters. The molecule has 0 aliphatic heterocycles. The van der Waals surface area contributed by atoms with Gasteiger partial charge in [-0.05, 0) is 31.5 Å². The van der Waals surface area contributed by atoms with Gasteiger partial charge in [-0.1, -0.05) is 19.8 Å². The molecule has 1 saturated carbocycles. The van der Waals surface area contributed by atoms with Crippen molar-refractivity contribution in [2.75, 3.05) is 12.0 Å². The Labute approximate surface area is 103 Å². The second kappa shape index (κ2) is 5.98. The molecule has 1 aliphatic carbocycles. The van der Waals surface area contributed by atoms with Crippen molar-refractivity contribution in [3.05, 3.63) is 24.0 Å². The molecular weight excluding hydrogens is 212 g/mol. The second-order valence-electron chi connectivity index (χ2n) is 4.68. The maximum Gasteiger partial charge on any atom is 0.0565 e. The van der Waals surface area contributed by atoms with Gasteiger partial charge in [0.2, 0.25) is 0 Å². The first-order valence-electron chi connectivity index (χ1n) is 6.49. The minimum atomic E-state index is 0.747. The van der Waals surface area contributed by atoms with Gasteiger partial charge in [-0.2, -0.15) is 0 Å². The maximum atomic E-state index is 5.41. The van der Waals surface area contributed by atoms with Crippen molar-refractivity contribution >= 4 is 5.69 Å². The fraction of sp³-hybridized carbons (Fsp3) is 0.615. The lowest BCUT2D eigenvalue weighted by Gasteiger charge is -2.27. The van der Waals surface area contributed by atoms with Crippen molar-refractivity contribution in [2.24, 2.45) is 5.84 Å². The first-order chi connectivity index (χ1) is 8.33. The molecule has 0 bridgehead atoms. The largest absolute Gasteiger partial charge is 0.324 e. The smallest absolute Gasteiger partial charge is 0.0565 e. The zero-order valence-corrected chi connectivity index (χ0v) is 10.5. The summed E-state index contributed by atoms with van der Waals surface area (Å²) in [5.74, 6) is 5.41.